The van der Waals surface area contributed by atoms with Gasteiger partial charge in [-0.25, -0.2) is 4.98 Å². The number of anilines is 2. The predicted octanol–water partition coefficient (Wildman–Crippen LogP) is 4.08. The SMILES string of the molecule is C[C@@H]1C[C@@H]1C(=O)Nc1cccc(C(=O)Nc2ccc3ccccc3n2)c1. The number of nitrogens with zero attached hydrogens (tertiary/aromatic N) is 1. The van der Waals surface area contributed by atoms with Crippen LogP contribution in [0.15, 0.2) is 60.7 Å². The number of amides is 2. The maximum Gasteiger partial charge on any atom is 0.256 e. The number of nitrogens with one attached hydrogen (secondary N) is 2. The Morgan fingerprint density at radius 2 is 1.81 bits per heavy atom. The molecule has 130 valence electrons. The van der Waals surface area contributed by atoms with Crippen molar-refractivity contribution in [3.8, 4) is 0 Å². The molecule has 0 spiro atoms. The highest BCUT2D eigenvalue weighted by molar-refractivity contribution is 6.05. The maximum absolute atomic E-state index is 12.5. The number of carbonyl (C=O) groups excluding carboxylic acids is 2. The van der Waals surface area contributed by atoms with Gasteiger partial charge in [0.05, 0.1) is 5.52 Å². The molecular formula is C21H19N3O2. The lowest BCUT2D eigenvalue weighted by Gasteiger charge is -2.08. The second-order valence-electron chi connectivity index (χ2n) is 6.73. The average Bonchev–Trinajstić information content (AvgIpc) is 3.39. The van der Waals surface area contributed by atoms with Gasteiger partial charge in [0.25, 0.3) is 5.91 Å². The Balaban J connectivity index is 1.48. The molecule has 2 aromatic carbocycles. The number of aromatic nitrogens is 1. The summed E-state index contributed by atoms with van der Waals surface area (Å²) in [7, 11) is 0. The number of pyridine rings is 1. The summed E-state index contributed by atoms with van der Waals surface area (Å²) in [5, 5.41) is 6.71. The minimum Gasteiger partial charge on any atom is -0.326 e. The lowest BCUT2D eigenvalue weighted by molar-refractivity contribution is -0.117. The minimum atomic E-state index is -0.260. The van der Waals surface area contributed by atoms with Crippen LogP contribution in [0.25, 0.3) is 10.9 Å². The third kappa shape index (κ3) is 3.42. The Hall–Kier alpha value is -3.21. The van der Waals surface area contributed by atoms with E-state index in [2.05, 4.69) is 22.5 Å². The largest absolute Gasteiger partial charge is 0.326 e. The molecule has 1 aliphatic rings. The molecule has 2 amide bonds. The summed E-state index contributed by atoms with van der Waals surface area (Å²) >= 11 is 0. The molecule has 4 rings (SSSR count). The quantitative estimate of drug-likeness (QED) is 0.748. The Kier molecular flexibility index (Phi) is 4.13. The van der Waals surface area contributed by atoms with Crippen molar-refractivity contribution in [3.63, 3.8) is 0 Å². The van der Waals surface area contributed by atoms with Crippen LogP contribution in [0.2, 0.25) is 0 Å². The van der Waals surface area contributed by atoms with Gasteiger partial charge in [-0.3, -0.25) is 9.59 Å². The molecule has 1 heterocycles. The van der Waals surface area contributed by atoms with E-state index in [1.807, 2.05) is 30.3 Å². The molecule has 0 aliphatic heterocycles. The molecule has 5 nitrogen and oxygen atoms in total. The van der Waals surface area contributed by atoms with Crippen LogP contribution in [0.1, 0.15) is 23.7 Å². The zero-order valence-corrected chi connectivity index (χ0v) is 14.4. The molecule has 5 heteroatoms. The highest BCUT2D eigenvalue weighted by Crippen LogP contribution is 2.38. The van der Waals surface area contributed by atoms with E-state index in [0.29, 0.717) is 23.0 Å². The average molecular weight is 345 g/mol. The molecule has 2 atom stereocenters. The summed E-state index contributed by atoms with van der Waals surface area (Å²) in [6.07, 6.45) is 0.930. The molecule has 0 bridgehead atoms. The standard InChI is InChI=1S/C21H19N3O2/c1-13-11-17(13)21(26)22-16-7-4-6-15(12-16)20(25)24-19-10-9-14-5-2-3-8-18(14)23-19/h2-10,12-13,17H,11H2,1H3,(H,22,26)(H,23,24,25)/t13-,17+/m1/s1. The van der Waals surface area contributed by atoms with Crippen LogP contribution in [0.5, 0.6) is 0 Å². The fourth-order valence-corrected chi connectivity index (χ4v) is 2.98. The van der Waals surface area contributed by atoms with Crippen LogP contribution in [0.3, 0.4) is 0 Å². The molecular weight excluding hydrogens is 326 g/mol. The van der Waals surface area contributed by atoms with Gasteiger partial charge in [0.15, 0.2) is 0 Å². The van der Waals surface area contributed by atoms with Crippen LogP contribution < -0.4 is 10.6 Å². The Labute approximate surface area is 151 Å². The summed E-state index contributed by atoms with van der Waals surface area (Å²) in [6.45, 7) is 2.06. The van der Waals surface area contributed by atoms with Crippen molar-refractivity contribution in [2.45, 2.75) is 13.3 Å². The number of hydrogen-bond donors (Lipinski definition) is 2. The first-order valence-electron chi connectivity index (χ1n) is 8.68. The summed E-state index contributed by atoms with van der Waals surface area (Å²) < 4.78 is 0. The van der Waals surface area contributed by atoms with Crippen molar-refractivity contribution in [2.24, 2.45) is 11.8 Å². The number of carbonyl (C=O) groups is 2. The lowest BCUT2D eigenvalue weighted by atomic mass is 10.1. The van der Waals surface area contributed by atoms with Gasteiger partial charge in [0, 0.05) is 22.6 Å². The molecule has 0 saturated heterocycles. The topological polar surface area (TPSA) is 71.1 Å². The fourth-order valence-electron chi connectivity index (χ4n) is 2.98. The molecule has 26 heavy (non-hydrogen) atoms. The van der Waals surface area contributed by atoms with Gasteiger partial charge in [-0.15, -0.1) is 0 Å². The molecule has 2 N–H and O–H groups in total. The van der Waals surface area contributed by atoms with Crippen LogP contribution in [0.4, 0.5) is 11.5 Å². The molecule has 1 aromatic heterocycles. The predicted molar refractivity (Wildman–Crippen MR) is 102 cm³/mol. The minimum absolute atomic E-state index is 0.0197. The molecule has 1 aliphatic carbocycles. The molecule has 1 fully saturated rings. The molecule has 0 unspecified atom stereocenters. The van der Waals surface area contributed by atoms with E-state index in [4.69, 9.17) is 0 Å². The first kappa shape index (κ1) is 16.3. The molecule has 0 radical (unpaired) electrons. The van der Waals surface area contributed by atoms with Crippen LogP contribution in [-0.2, 0) is 4.79 Å². The zero-order valence-electron chi connectivity index (χ0n) is 14.4. The zero-order chi connectivity index (χ0) is 18.1. The second kappa shape index (κ2) is 6.59. The third-order valence-electron chi connectivity index (χ3n) is 4.68. The first-order valence-corrected chi connectivity index (χ1v) is 8.68. The van der Waals surface area contributed by atoms with E-state index in [1.165, 1.54) is 0 Å². The second-order valence-corrected chi connectivity index (χ2v) is 6.73. The van der Waals surface area contributed by atoms with Crippen molar-refractivity contribution in [1.82, 2.24) is 4.98 Å². The summed E-state index contributed by atoms with van der Waals surface area (Å²) in [5.74, 6) is 0.791. The summed E-state index contributed by atoms with van der Waals surface area (Å²) in [4.78, 5) is 29.0. The van der Waals surface area contributed by atoms with Gasteiger partial charge in [0.1, 0.15) is 5.82 Å². The number of para-hydroxylation sites is 1. The third-order valence-corrected chi connectivity index (χ3v) is 4.68. The fraction of sp³-hybridized carbons (Fsp3) is 0.190. The van der Waals surface area contributed by atoms with Gasteiger partial charge < -0.3 is 10.6 Å². The van der Waals surface area contributed by atoms with Crippen LogP contribution in [-0.4, -0.2) is 16.8 Å². The van der Waals surface area contributed by atoms with Crippen molar-refractivity contribution >= 4 is 34.2 Å². The smallest absolute Gasteiger partial charge is 0.256 e. The summed E-state index contributed by atoms with van der Waals surface area (Å²) in [6, 6.07) is 18.4. The van der Waals surface area contributed by atoms with E-state index in [0.717, 1.165) is 17.3 Å². The Morgan fingerprint density at radius 1 is 1.00 bits per heavy atom. The Morgan fingerprint density at radius 3 is 2.62 bits per heavy atom. The first-order chi connectivity index (χ1) is 12.6. The van der Waals surface area contributed by atoms with E-state index in [-0.39, 0.29) is 17.7 Å². The van der Waals surface area contributed by atoms with E-state index in [9.17, 15) is 9.59 Å². The maximum atomic E-state index is 12.5. The van der Waals surface area contributed by atoms with E-state index in [1.54, 1.807) is 30.3 Å². The van der Waals surface area contributed by atoms with Crippen molar-refractivity contribution < 1.29 is 9.59 Å². The monoisotopic (exact) mass is 345 g/mol. The van der Waals surface area contributed by atoms with Gasteiger partial charge in [-0.2, -0.15) is 0 Å². The molecule has 3 aromatic rings. The number of rotatable bonds is 4. The van der Waals surface area contributed by atoms with Crippen LogP contribution in [0, 0.1) is 11.8 Å². The normalized spacial score (nSPS) is 18.3. The van der Waals surface area contributed by atoms with Crippen molar-refractivity contribution in [3.05, 3.63) is 66.2 Å². The highest BCUT2D eigenvalue weighted by Gasteiger charge is 2.39. The Bertz CT molecular complexity index is 999. The van der Waals surface area contributed by atoms with Gasteiger partial charge in [-0.1, -0.05) is 31.2 Å². The van der Waals surface area contributed by atoms with E-state index < -0.39 is 0 Å². The number of fused-ring (bicyclic) bond motifs is 1. The van der Waals surface area contributed by atoms with Gasteiger partial charge in [0.2, 0.25) is 5.91 Å². The van der Waals surface area contributed by atoms with Gasteiger partial charge in [-0.05, 0) is 48.7 Å². The van der Waals surface area contributed by atoms with Gasteiger partial charge >= 0.3 is 0 Å². The number of hydrogen-bond acceptors (Lipinski definition) is 3. The highest BCUT2D eigenvalue weighted by atomic mass is 16.2. The number of benzene rings is 2. The van der Waals surface area contributed by atoms with Crippen molar-refractivity contribution in [2.75, 3.05) is 10.6 Å². The van der Waals surface area contributed by atoms with Crippen molar-refractivity contribution in [1.29, 1.82) is 0 Å². The summed E-state index contributed by atoms with van der Waals surface area (Å²) in [5.41, 5.74) is 1.93. The van der Waals surface area contributed by atoms with Crippen LogP contribution >= 0.6 is 0 Å². The van der Waals surface area contributed by atoms with E-state index >= 15 is 0 Å². The lowest BCUT2D eigenvalue weighted by Crippen LogP contribution is -2.16. The molecule has 1 saturated carbocycles.